The monoisotopic (exact) mass is 485 g/mol. The van der Waals surface area contributed by atoms with E-state index in [1.807, 2.05) is 6.07 Å². The van der Waals surface area contributed by atoms with Gasteiger partial charge in [-0.25, -0.2) is 0 Å². The van der Waals surface area contributed by atoms with Crippen LogP contribution in [-0.2, 0) is 6.54 Å². The van der Waals surface area contributed by atoms with Crippen LogP contribution < -0.4 is 15.8 Å². The first-order chi connectivity index (χ1) is 14.6. The Labute approximate surface area is 192 Å². The summed E-state index contributed by atoms with van der Waals surface area (Å²) in [6, 6.07) is 10.9. The molecule has 0 radical (unpaired) electrons. The van der Waals surface area contributed by atoms with E-state index in [2.05, 4.69) is 5.32 Å². The molecule has 4 rings (SSSR count). The van der Waals surface area contributed by atoms with Crippen LogP contribution in [0.5, 0.6) is 0 Å². The van der Waals surface area contributed by atoms with Crippen molar-refractivity contribution in [3.63, 3.8) is 0 Å². The van der Waals surface area contributed by atoms with Gasteiger partial charge in [0.05, 0.1) is 18.0 Å². The van der Waals surface area contributed by atoms with Gasteiger partial charge < -0.3 is 9.47 Å². The van der Waals surface area contributed by atoms with Crippen LogP contribution in [0, 0.1) is 16.0 Å². The van der Waals surface area contributed by atoms with Crippen LogP contribution in [0.2, 0.25) is 0 Å². The number of nitro benzene ring substituents is 1. The van der Waals surface area contributed by atoms with E-state index in [-0.39, 0.29) is 28.6 Å². The molecule has 2 aliphatic heterocycles. The molecular weight excluding hydrogens is 467 g/mol. The smallest absolute Gasteiger partial charge is 0.282 e. The van der Waals surface area contributed by atoms with Crippen LogP contribution in [0.15, 0.2) is 47.3 Å². The largest absolute Gasteiger partial charge is 0.312 e. The van der Waals surface area contributed by atoms with Gasteiger partial charge >= 0.3 is 0 Å². The molecular formula is C20H20Cl3N4O4+. The number of piperidine rings is 1. The topological polar surface area (TPSA) is 98.7 Å². The average Bonchev–Trinajstić information content (AvgIpc) is 2.71. The molecule has 0 spiro atoms. The molecule has 1 saturated heterocycles. The molecule has 2 aliphatic rings. The van der Waals surface area contributed by atoms with Gasteiger partial charge in [0, 0.05) is 36.2 Å². The normalized spacial score (nSPS) is 23.5. The highest BCUT2D eigenvalue weighted by Gasteiger charge is 2.48. The highest BCUT2D eigenvalue weighted by atomic mass is 35.6. The quantitative estimate of drug-likeness (QED) is 0.392. The highest BCUT2D eigenvalue weighted by Crippen LogP contribution is 2.33. The molecule has 1 fully saturated rings. The van der Waals surface area contributed by atoms with Crippen LogP contribution in [0.25, 0.3) is 0 Å². The van der Waals surface area contributed by atoms with Crippen molar-refractivity contribution in [1.29, 1.82) is 0 Å². The number of quaternary nitrogens is 1. The third kappa shape index (κ3) is 4.43. The third-order valence-electron chi connectivity index (χ3n) is 5.98. The van der Waals surface area contributed by atoms with Crippen molar-refractivity contribution in [2.75, 3.05) is 13.1 Å². The van der Waals surface area contributed by atoms with E-state index < -0.39 is 20.8 Å². The van der Waals surface area contributed by atoms with Gasteiger partial charge in [0.25, 0.3) is 20.9 Å². The number of nitro groups is 1. The fourth-order valence-electron chi connectivity index (χ4n) is 4.74. The number of benzene rings is 1. The molecule has 2 bridgehead atoms. The second-order valence-corrected chi connectivity index (χ2v) is 10.4. The molecule has 8 nitrogen and oxygen atoms in total. The number of alkyl halides is 3. The minimum absolute atomic E-state index is 0.0294. The summed E-state index contributed by atoms with van der Waals surface area (Å²) in [4.78, 5) is 36.7. The maximum absolute atomic E-state index is 12.9. The Morgan fingerprint density at radius 1 is 1.19 bits per heavy atom. The second-order valence-electron chi connectivity index (χ2n) is 7.99. The summed E-state index contributed by atoms with van der Waals surface area (Å²) in [5.41, 5.74) is 0.495. The molecule has 1 unspecified atom stereocenters. The van der Waals surface area contributed by atoms with Gasteiger partial charge in [-0.3, -0.25) is 25.0 Å². The summed E-state index contributed by atoms with van der Waals surface area (Å²) in [5, 5.41) is 14.0. The van der Waals surface area contributed by atoms with Crippen molar-refractivity contribution in [2.24, 2.45) is 5.92 Å². The summed E-state index contributed by atoms with van der Waals surface area (Å²) in [6.07, 6.45) is -0.00504. The van der Waals surface area contributed by atoms with Crippen molar-refractivity contribution < 1.29 is 14.6 Å². The zero-order valence-electron chi connectivity index (χ0n) is 16.3. The number of halogens is 3. The van der Waals surface area contributed by atoms with Crippen LogP contribution in [0.3, 0.4) is 0 Å². The lowest BCUT2D eigenvalue weighted by Crippen LogP contribution is -3.21. The molecule has 4 atom stereocenters. The Kier molecular flexibility index (Phi) is 6.00. The Hall–Kier alpha value is -2.13. The Bertz CT molecular complexity index is 1080. The number of hydrogen-bond donors (Lipinski definition) is 2. The molecule has 31 heavy (non-hydrogen) atoms. The molecule has 2 aromatic rings. The zero-order valence-corrected chi connectivity index (χ0v) is 18.5. The zero-order chi connectivity index (χ0) is 22.3. The second kappa shape index (κ2) is 8.43. The highest BCUT2D eigenvalue weighted by molar-refractivity contribution is 6.68. The van der Waals surface area contributed by atoms with E-state index in [9.17, 15) is 19.7 Å². The fraction of sp³-hybridized carbons (Fsp3) is 0.400. The van der Waals surface area contributed by atoms with Crippen LogP contribution >= 0.6 is 34.8 Å². The van der Waals surface area contributed by atoms with Crippen molar-refractivity contribution >= 4 is 46.4 Å². The first-order valence-electron chi connectivity index (χ1n) is 9.80. The number of pyridine rings is 1. The lowest BCUT2D eigenvalue weighted by atomic mass is 9.83. The van der Waals surface area contributed by atoms with Gasteiger partial charge in [-0.05, 0) is 18.6 Å². The van der Waals surface area contributed by atoms with E-state index in [0.717, 1.165) is 17.0 Å². The predicted octanol–water partition coefficient (Wildman–Crippen LogP) is 1.88. The lowest BCUT2D eigenvalue weighted by molar-refractivity contribution is -0.937. The van der Waals surface area contributed by atoms with E-state index in [4.69, 9.17) is 34.8 Å². The summed E-state index contributed by atoms with van der Waals surface area (Å²) in [7, 11) is 0. The minimum Gasteiger partial charge on any atom is -0.312 e. The number of rotatable bonds is 4. The Balaban J connectivity index is 1.61. The number of carbonyl (C=O) groups is 1. The third-order valence-corrected chi connectivity index (χ3v) is 6.63. The number of amides is 1. The number of para-hydroxylation sites is 1. The van der Waals surface area contributed by atoms with Crippen LogP contribution in [0.4, 0.5) is 5.69 Å². The van der Waals surface area contributed by atoms with Crippen LogP contribution in [0.1, 0.15) is 28.4 Å². The molecule has 1 aromatic heterocycles. The molecule has 1 amide bonds. The summed E-state index contributed by atoms with van der Waals surface area (Å²) in [5.74, 6) is -0.420. The number of aromatic nitrogens is 1. The van der Waals surface area contributed by atoms with Crippen molar-refractivity contribution in [2.45, 2.75) is 28.8 Å². The number of nitrogens with zero attached hydrogens (tertiary/aromatic N) is 2. The number of nitrogens with one attached hydrogen (secondary N) is 2. The van der Waals surface area contributed by atoms with Gasteiger partial charge in [0.1, 0.15) is 5.56 Å². The van der Waals surface area contributed by atoms with Crippen molar-refractivity contribution in [1.82, 2.24) is 9.88 Å². The van der Waals surface area contributed by atoms with Crippen molar-refractivity contribution in [3.8, 4) is 0 Å². The first-order valence-corrected chi connectivity index (χ1v) is 10.9. The molecule has 1 aromatic carbocycles. The Morgan fingerprint density at radius 3 is 2.65 bits per heavy atom. The molecule has 2 N–H and O–H groups in total. The van der Waals surface area contributed by atoms with Gasteiger partial charge in [0.15, 0.2) is 0 Å². The SMILES string of the molecule is O=C(N[C@H]([NH+]1C[C@@H]2C[C@H](C1)c1cccc(=O)n1C2)C(Cl)(Cl)Cl)c1ccccc1[N+](=O)[O-]. The average molecular weight is 487 g/mol. The number of likely N-dealkylation sites (tertiary alicyclic amines) is 1. The van der Waals surface area contributed by atoms with Gasteiger partial charge in [0.2, 0.25) is 6.17 Å². The first kappa shape index (κ1) is 22.1. The Morgan fingerprint density at radius 2 is 1.94 bits per heavy atom. The molecule has 164 valence electrons. The van der Waals surface area contributed by atoms with Gasteiger partial charge in [-0.1, -0.05) is 53.0 Å². The summed E-state index contributed by atoms with van der Waals surface area (Å²) in [6.45, 7) is 1.71. The molecule has 0 saturated carbocycles. The van der Waals surface area contributed by atoms with Gasteiger partial charge in [-0.2, -0.15) is 0 Å². The predicted molar refractivity (Wildman–Crippen MR) is 117 cm³/mol. The van der Waals surface area contributed by atoms with E-state index in [1.165, 1.54) is 18.2 Å². The number of fused-ring (bicyclic) bond motifs is 4. The minimum atomic E-state index is -1.84. The molecule has 0 aliphatic carbocycles. The van der Waals surface area contributed by atoms with E-state index in [0.29, 0.717) is 19.6 Å². The number of carbonyl (C=O) groups excluding carboxylic acids is 1. The summed E-state index contributed by atoms with van der Waals surface area (Å²) >= 11 is 18.8. The lowest BCUT2D eigenvalue weighted by Gasteiger charge is -2.44. The maximum atomic E-state index is 12.9. The maximum Gasteiger partial charge on any atom is 0.282 e. The van der Waals surface area contributed by atoms with Gasteiger partial charge in [-0.15, -0.1) is 0 Å². The number of hydrogen-bond acceptors (Lipinski definition) is 4. The van der Waals surface area contributed by atoms with E-state index in [1.54, 1.807) is 22.8 Å². The standard InChI is InChI=1S/C20H19Cl3N4O4/c21-20(22,23)19(24-18(29)14-4-1-2-5-16(14)27(30)31)25-9-12-8-13(11-25)15-6-3-7-17(28)26(15)10-12/h1-7,12-13,19H,8-11H2,(H,24,29)/p+1/t12-,13+,19+/m0/s1. The summed E-state index contributed by atoms with van der Waals surface area (Å²) < 4.78 is -0.0393. The van der Waals surface area contributed by atoms with Crippen molar-refractivity contribution in [3.05, 3.63) is 74.2 Å². The van der Waals surface area contributed by atoms with E-state index >= 15 is 0 Å². The van der Waals surface area contributed by atoms with Crippen LogP contribution in [-0.4, -0.2) is 38.4 Å². The molecule has 11 heteroatoms. The molecule has 3 heterocycles. The fourth-order valence-corrected chi connectivity index (χ4v) is 5.36.